The van der Waals surface area contributed by atoms with Crippen LogP contribution in [0.3, 0.4) is 0 Å². The van der Waals surface area contributed by atoms with E-state index in [-0.39, 0.29) is 24.8 Å². The van der Waals surface area contributed by atoms with Gasteiger partial charge in [0.25, 0.3) is 0 Å². The van der Waals surface area contributed by atoms with Gasteiger partial charge in [-0.05, 0) is 37.5 Å². The molecule has 1 saturated heterocycles. The quantitative estimate of drug-likeness (QED) is 0.858. The van der Waals surface area contributed by atoms with Gasteiger partial charge >= 0.3 is 0 Å². The van der Waals surface area contributed by atoms with Crippen LogP contribution in [-0.4, -0.2) is 30.7 Å². The Balaban J connectivity index is 2.00. The molecule has 0 radical (unpaired) electrons. The first-order valence-electron chi connectivity index (χ1n) is 6.66. The standard InChI is InChI=1S/C14H19FN2O2/c15-12-10-11(16-14(19)4-3-9-18)5-6-13(12)17-7-1-2-8-17/h5-6,10,18H,1-4,7-9H2,(H,16,19). The molecule has 19 heavy (non-hydrogen) atoms. The maximum atomic E-state index is 14.0. The highest BCUT2D eigenvalue weighted by Gasteiger charge is 2.16. The molecule has 1 fully saturated rings. The highest BCUT2D eigenvalue weighted by Crippen LogP contribution is 2.26. The molecule has 0 aromatic heterocycles. The first kappa shape index (κ1) is 13.8. The van der Waals surface area contributed by atoms with Gasteiger partial charge in [-0.15, -0.1) is 0 Å². The number of carbonyl (C=O) groups excluding carboxylic acids is 1. The Hall–Kier alpha value is -1.62. The van der Waals surface area contributed by atoms with Crippen LogP contribution in [0.2, 0.25) is 0 Å². The lowest BCUT2D eigenvalue weighted by molar-refractivity contribution is -0.116. The van der Waals surface area contributed by atoms with E-state index in [1.54, 1.807) is 12.1 Å². The maximum Gasteiger partial charge on any atom is 0.224 e. The van der Waals surface area contributed by atoms with Crippen molar-refractivity contribution in [2.75, 3.05) is 29.9 Å². The minimum absolute atomic E-state index is 0.0182. The molecular formula is C14H19FN2O2. The van der Waals surface area contributed by atoms with Crippen molar-refractivity contribution in [3.05, 3.63) is 24.0 Å². The minimum Gasteiger partial charge on any atom is -0.396 e. The van der Waals surface area contributed by atoms with Crippen molar-refractivity contribution in [1.82, 2.24) is 0 Å². The summed E-state index contributed by atoms with van der Waals surface area (Å²) in [5.74, 6) is -0.510. The van der Waals surface area contributed by atoms with E-state index >= 15 is 0 Å². The third-order valence-corrected chi connectivity index (χ3v) is 3.24. The Labute approximate surface area is 112 Å². The third kappa shape index (κ3) is 3.67. The van der Waals surface area contributed by atoms with Crippen LogP contribution < -0.4 is 10.2 Å². The topological polar surface area (TPSA) is 52.6 Å². The molecule has 1 aliphatic heterocycles. The number of benzene rings is 1. The molecule has 0 spiro atoms. The lowest BCUT2D eigenvalue weighted by atomic mass is 10.2. The van der Waals surface area contributed by atoms with Gasteiger partial charge in [-0.3, -0.25) is 4.79 Å². The fourth-order valence-corrected chi connectivity index (χ4v) is 2.26. The van der Waals surface area contributed by atoms with Crippen molar-refractivity contribution < 1.29 is 14.3 Å². The van der Waals surface area contributed by atoms with E-state index in [0.717, 1.165) is 25.9 Å². The summed E-state index contributed by atoms with van der Waals surface area (Å²) in [4.78, 5) is 13.5. The number of anilines is 2. The molecule has 0 aliphatic carbocycles. The second kappa shape index (κ2) is 6.52. The van der Waals surface area contributed by atoms with Crippen LogP contribution in [-0.2, 0) is 4.79 Å². The van der Waals surface area contributed by atoms with Crippen molar-refractivity contribution in [2.45, 2.75) is 25.7 Å². The zero-order valence-electron chi connectivity index (χ0n) is 10.9. The number of aliphatic hydroxyl groups excluding tert-OH is 1. The van der Waals surface area contributed by atoms with Gasteiger partial charge in [0, 0.05) is 31.8 Å². The highest BCUT2D eigenvalue weighted by molar-refractivity contribution is 5.90. The molecule has 0 unspecified atom stereocenters. The molecule has 1 aromatic rings. The maximum absolute atomic E-state index is 14.0. The summed E-state index contributed by atoms with van der Waals surface area (Å²) in [6, 6.07) is 4.78. The third-order valence-electron chi connectivity index (χ3n) is 3.24. The van der Waals surface area contributed by atoms with Crippen LogP contribution in [0, 0.1) is 5.82 Å². The average molecular weight is 266 g/mol. The van der Waals surface area contributed by atoms with Gasteiger partial charge in [-0.1, -0.05) is 0 Å². The SMILES string of the molecule is O=C(CCCO)Nc1ccc(N2CCCC2)c(F)c1. The number of halogens is 1. The summed E-state index contributed by atoms with van der Waals surface area (Å²) < 4.78 is 14.0. The molecule has 1 amide bonds. The van der Waals surface area contributed by atoms with Gasteiger partial charge in [0.2, 0.25) is 5.91 Å². The number of hydrogen-bond acceptors (Lipinski definition) is 3. The van der Waals surface area contributed by atoms with Gasteiger partial charge < -0.3 is 15.3 Å². The normalized spacial score (nSPS) is 14.7. The van der Waals surface area contributed by atoms with Crippen molar-refractivity contribution in [3.63, 3.8) is 0 Å². The van der Waals surface area contributed by atoms with Crippen molar-refractivity contribution >= 4 is 17.3 Å². The Morgan fingerprint density at radius 3 is 2.74 bits per heavy atom. The number of aliphatic hydroxyl groups is 1. The second-order valence-electron chi connectivity index (χ2n) is 4.74. The number of carbonyl (C=O) groups is 1. The summed E-state index contributed by atoms with van der Waals surface area (Å²) in [7, 11) is 0. The van der Waals surface area contributed by atoms with E-state index < -0.39 is 0 Å². The molecule has 2 rings (SSSR count). The molecule has 1 aromatic carbocycles. The highest BCUT2D eigenvalue weighted by atomic mass is 19.1. The molecule has 5 heteroatoms. The lowest BCUT2D eigenvalue weighted by Crippen LogP contribution is -2.19. The van der Waals surface area contributed by atoms with Gasteiger partial charge in [0.1, 0.15) is 5.82 Å². The van der Waals surface area contributed by atoms with Crippen molar-refractivity contribution in [3.8, 4) is 0 Å². The zero-order valence-corrected chi connectivity index (χ0v) is 10.9. The Morgan fingerprint density at radius 2 is 2.11 bits per heavy atom. The number of hydrogen-bond donors (Lipinski definition) is 2. The fourth-order valence-electron chi connectivity index (χ4n) is 2.26. The molecule has 2 N–H and O–H groups in total. The van der Waals surface area contributed by atoms with Crippen LogP contribution in [0.5, 0.6) is 0 Å². The summed E-state index contributed by atoms with van der Waals surface area (Å²) in [5, 5.41) is 11.3. The molecule has 0 atom stereocenters. The number of nitrogens with one attached hydrogen (secondary N) is 1. The Kier molecular flexibility index (Phi) is 4.74. The molecule has 1 heterocycles. The van der Waals surface area contributed by atoms with Gasteiger partial charge in [-0.25, -0.2) is 4.39 Å². The monoisotopic (exact) mass is 266 g/mol. The van der Waals surface area contributed by atoms with Crippen molar-refractivity contribution in [1.29, 1.82) is 0 Å². The summed E-state index contributed by atoms with van der Waals surface area (Å²) in [6.07, 6.45) is 2.85. The largest absolute Gasteiger partial charge is 0.396 e. The van der Waals surface area contributed by atoms with E-state index in [0.29, 0.717) is 17.8 Å². The second-order valence-corrected chi connectivity index (χ2v) is 4.74. The van der Waals surface area contributed by atoms with E-state index in [1.165, 1.54) is 6.07 Å². The number of amides is 1. The Morgan fingerprint density at radius 1 is 1.37 bits per heavy atom. The lowest BCUT2D eigenvalue weighted by Gasteiger charge is -2.18. The first-order valence-corrected chi connectivity index (χ1v) is 6.66. The smallest absolute Gasteiger partial charge is 0.224 e. The van der Waals surface area contributed by atoms with E-state index in [9.17, 15) is 9.18 Å². The number of rotatable bonds is 5. The van der Waals surface area contributed by atoms with Crippen LogP contribution in [0.15, 0.2) is 18.2 Å². The molecule has 0 saturated carbocycles. The summed E-state index contributed by atoms with van der Waals surface area (Å²) in [5.41, 5.74) is 1.06. The molecule has 104 valence electrons. The first-order chi connectivity index (χ1) is 9.20. The predicted octanol–water partition coefficient (Wildman–Crippen LogP) is 2.14. The zero-order chi connectivity index (χ0) is 13.7. The Bertz CT molecular complexity index is 445. The molecular weight excluding hydrogens is 247 g/mol. The molecule has 1 aliphatic rings. The van der Waals surface area contributed by atoms with Crippen LogP contribution >= 0.6 is 0 Å². The number of nitrogens with zero attached hydrogens (tertiary/aromatic N) is 1. The van der Waals surface area contributed by atoms with E-state index in [4.69, 9.17) is 5.11 Å². The predicted molar refractivity (Wildman–Crippen MR) is 72.8 cm³/mol. The van der Waals surface area contributed by atoms with Crippen molar-refractivity contribution in [2.24, 2.45) is 0 Å². The molecule has 4 nitrogen and oxygen atoms in total. The summed E-state index contributed by atoms with van der Waals surface area (Å²) >= 11 is 0. The van der Waals surface area contributed by atoms with Gasteiger partial charge in [0.05, 0.1) is 5.69 Å². The van der Waals surface area contributed by atoms with Crippen LogP contribution in [0.1, 0.15) is 25.7 Å². The van der Waals surface area contributed by atoms with Gasteiger partial charge in [0.15, 0.2) is 0 Å². The van der Waals surface area contributed by atoms with Gasteiger partial charge in [-0.2, -0.15) is 0 Å². The van der Waals surface area contributed by atoms with Crippen LogP contribution in [0.25, 0.3) is 0 Å². The summed E-state index contributed by atoms with van der Waals surface area (Å²) in [6.45, 7) is 1.76. The average Bonchev–Trinajstić information content (AvgIpc) is 2.90. The van der Waals surface area contributed by atoms with Crippen LogP contribution in [0.4, 0.5) is 15.8 Å². The fraction of sp³-hybridized carbons (Fsp3) is 0.500. The van der Waals surface area contributed by atoms with E-state index in [1.807, 2.05) is 4.90 Å². The minimum atomic E-state index is -0.304. The molecule has 0 bridgehead atoms. The van der Waals surface area contributed by atoms with E-state index in [2.05, 4.69) is 5.32 Å².